The van der Waals surface area contributed by atoms with Crippen LogP contribution in [0.25, 0.3) is 0 Å². The Morgan fingerprint density at radius 2 is 1.88 bits per heavy atom. The number of halogens is 1. The monoisotopic (exact) mass is 372 g/mol. The van der Waals surface area contributed by atoms with Crippen LogP contribution in [0, 0.1) is 0 Å². The van der Waals surface area contributed by atoms with Gasteiger partial charge in [0.1, 0.15) is 5.69 Å². The highest BCUT2D eigenvalue weighted by Gasteiger charge is 2.23. The number of nitrogens with zero attached hydrogens (tertiary/aromatic N) is 3. The Morgan fingerprint density at radius 3 is 2.58 bits per heavy atom. The molecule has 2 aromatic rings. The van der Waals surface area contributed by atoms with Gasteiger partial charge in [-0.25, -0.2) is 0 Å². The number of hydrogen-bond acceptors (Lipinski definition) is 4. The van der Waals surface area contributed by atoms with Crippen LogP contribution in [-0.2, 0) is 4.79 Å². The van der Waals surface area contributed by atoms with Gasteiger partial charge in [-0.05, 0) is 30.3 Å². The fraction of sp³-hybridized carbons (Fsp3) is 0.222. The second-order valence-corrected chi connectivity index (χ2v) is 6.26. The van der Waals surface area contributed by atoms with Crippen molar-refractivity contribution in [2.24, 2.45) is 0 Å². The predicted octanol–water partition coefficient (Wildman–Crippen LogP) is 1.90. The van der Waals surface area contributed by atoms with Gasteiger partial charge < -0.3 is 15.1 Å². The second-order valence-electron chi connectivity index (χ2n) is 5.83. The Kier molecular flexibility index (Phi) is 5.48. The maximum atomic E-state index is 12.6. The van der Waals surface area contributed by atoms with Crippen LogP contribution >= 0.6 is 11.6 Å². The van der Waals surface area contributed by atoms with E-state index >= 15 is 0 Å². The first-order valence-corrected chi connectivity index (χ1v) is 8.46. The Balaban J connectivity index is 1.70. The van der Waals surface area contributed by atoms with Crippen LogP contribution < -0.4 is 5.32 Å². The van der Waals surface area contributed by atoms with E-state index in [4.69, 9.17) is 11.6 Å². The molecule has 3 amide bonds. The molecule has 1 aromatic heterocycles. The van der Waals surface area contributed by atoms with Gasteiger partial charge in [-0.15, -0.1) is 0 Å². The molecule has 1 N–H and O–H groups in total. The third kappa shape index (κ3) is 4.18. The minimum atomic E-state index is -0.352. The van der Waals surface area contributed by atoms with Crippen molar-refractivity contribution in [3.05, 3.63) is 58.9 Å². The number of aromatic nitrogens is 1. The molecule has 26 heavy (non-hydrogen) atoms. The number of carbonyl (C=O) groups is 3. The Hall–Kier alpha value is -2.93. The molecule has 0 bridgehead atoms. The van der Waals surface area contributed by atoms with Crippen LogP contribution in [0.15, 0.2) is 42.6 Å². The zero-order chi connectivity index (χ0) is 18.5. The Labute approximate surface area is 155 Å². The van der Waals surface area contributed by atoms with Crippen LogP contribution in [0.5, 0.6) is 0 Å². The van der Waals surface area contributed by atoms with Gasteiger partial charge >= 0.3 is 0 Å². The summed E-state index contributed by atoms with van der Waals surface area (Å²) in [6.07, 6.45) is 2.21. The number of rotatable bonds is 4. The Morgan fingerprint density at radius 1 is 1.12 bits per heavy atom. The van der Waals surface area contributed by atoms with Gasteiger partial charge in [-0.2, -0.15) is 0 Å². The summed E-state index contributed by atoms with van der Waals surface area (Å²) < 4.78 is 0. The maximum absolute atomic E-state index is 12.6. The number of hydrogen-bond donors (Lipinski definition) is 1. The highest BCUT2D eigenvalue weighted by atomic mass is 35.5. The summed E-state index contributed by atoms with van der Waals surface area (Å²) in [7, 11) is 0. The molecular weight excluding hydrogens is 356 g/mol. The molecule has 7 nitrogen and oxygen atoms in total. The molecule has 8 heteroatoms. The SMILES string of the molecule is O=CN1CCN(C(=O)c2cc(C(=O)Nc3cccc(Cl)c3)ccn2)CC1. The molecular formula is C18H17ClN4O3. The molecule has 1 aromatic carbocycles. The number of nitrogens with one attached hydrogen (secondary N) is 1. The van der Waals surface area contributed by atoms with Crippen LogP contribution in [0.2, 0.25) is 5.02 Å². The van der Waals surface area contributed by atoms with E-state index in [9.17, 15) is 14.4 Å². The van der Waals surface area contributed by atoms with Gasteiger partial charge in [0.05, 0.1) is 0 Å². The fourth-order valence-corrected chi connectivity index (χ4v) is 2.84. The van der Waals surface area contributed by atoms with E-state index in [-0.39, 0.29) is 17.5 Å². The summed E-state index contributed by atoms with van der Waals surface area (Å²) >= 11 is 5.91. The van der Waals surface area contributed by atoms with E-state index in [1.807, 2.05) is 0 Å². The summed E-state index contributed by atoms with van der Waals surface area (Å²) in [5.41, 5.74) is 1.09. The molecule has 0 radical (unpaired) electrons. The molecule has 0 spiro atoms. The summed E-state index contributed by atoms with van der Waals surface area (Å²) in [4.78, 5) is 43.1. The molecule has 2 heterocycles. The van der Waals surface area contributed by atoms with Crippen molar-refractivity contribution in [3.8, 4) is 0 Å². The molecule has 3 rings (SSSR count). The molecule has 0 aliphatic carbocycles. The average molecular weight is 373 g/mol. The van der Waals surface area contributed by atoms with Crippen LogP contribution in [0.1, 0.15) is 20.8 Å². The van der Waals surface area contributed by atoms with E-state index in [1.165, 1.54) is 12.3 Å². The minimum absolute atomic E-state index is 0.197. The normalized spacial score (nSPS) is 14.0. The lowest BCUT2D eigenvalue weighted by Gasteiger charge is -2.32. The van der Waals surface area contributed by atoms with Gasteiger partial charge in [-0.1, -0.05) is 17.7 Å². The quantitative estimate of drug-likeness (QED) is 0.831. The topological polar surface area (TPSA) is 82.6 Å². The van der Waals surface area contributed by atoms with Crippen molar-refractivity contribution in [3.63, 3.8) is 0 Å². The summed E-state index contributed by atoms with van der Waals surface area (Å²) in [5.74, 6) is -0.609. The summed E-state index contributed by atoms with van der Waals surface area (Å²) in [6, 6.07) is 9.82. The maximum Gasteiger partial charge on any atom is 0.272 e. The van der Waals surface area contributed by atoms with Crippen molar-refractivity contribution < 1.29 is 14.4 Å². The van der Waals surface area contributed by atoms with E-state index in [0.29, 0.717) is 42.5 Å². The van der Waals surface area contributed by atoms with Gasteiger partial charge in [0, 0.05) is 48.6 Å². The van der Waals surface area contributed by atoms with Crippen LogP contribution in [0.4, 0.5) is 5.69 Å². The van der Waals surface area contributed by atoms with E-state index in [1.54, 1.807) is 40.1 Å². The number of pyridine rings is 1. The van der Waals surface area contributed by atoms with Gasteiger partial charge in [-0.3, -0.25) is 19.4 Å². The molecule has 1 aliphatic heterocycles. The van der Waals surface area contributed by atoms with Crippen molar-refractivity contribution in [2.75, 3.05) is 31.5 Å². The fourth-order valence-electron chi connectivity index (χ4n) is 2.65. The zero-order valence-electron chi connectivity index (χ0n) is 13.9. The predicted molar refractivity (Wildman–Crippen MR) is 97.2 cm³/mol. The van der Waals surface area contributed by atoms with Crippen molar-refractivity contribution in [2.45, 2.75) is 0 Å². The smallest absolute Gasteiger partial charge is 0.272 e. The summed E-state index contributed by atoms with van der Waals surface area (Å²) in [5, 5.41) is 3.25. The largest absolute Gasteiger partial charge is 0.342 e. The number of anilines is 1. The third-order valence-electron chi connectivity index (χ3n) is 4.07. The first-order chi connectivity index (χ1) is 12.6. The summed E-state index contributed by atoms with van der Waals surface area (Å²) in [6.45, 7) is 1.87. The van der Waals surface area contributed by atoms with E-state index in [2.05, 4.69) is 10.3 Å². The van der Waals surface area contributed by atoms with Gasteiger partial charge in [0.15, 0.2) is 0 Å². The number of piperazine rings is 1. The molecule has 0 unspecified atom stereocenters. The van der Waals surface area contributed by atoms with Crippen LogP contribution in [0.3, 0.4) is 0 Å². The van der Waals surface area contributed by atoms with Crippen molar-refractivity contribution in [1.82, 2.24) is 14.8 Å². The lowest BCUT2D eigenvalue weighted by atomic mass is 10.2. The molecule has 1 saturated heterocycles. The molecule has 1 aliphatic rings. The highest BCUT2D eigenvalue weighted by Crippen LogP contribution is 2.16. The Bertz CT molecular complexity index is 835. The zero-order valence-corrected chi connectivity index (χ0v) is 14.6. The standard InChI is InChI=1S/C18H17ClN4O3/c19-14-2-1-3-15(11-14)21-17(25)13-4-5-20-16(10-13)18(26)23-8-6-22(12-24)7-9-23/h1-5,10-12H,6-9H2,(H,21,25). The molecule has 1 fully saturated rings. The average Bonchev–Trinajstić information content (AvgIpc) is 2.67. The van der Waals surface area contributed by atoms with Crippen LogP contribution in [-0.4, -0.2) is 59.2 Å². The molecule has 134 valence electrons. The lowest BCUT2D eigenvalue weighted by molar-refractivity contribution is -0.119. The van der Waals surface area contributed by atoms with E-state index < -0.39 is 0 Å². The minimum Gasteiger partial charge on any atom is -0.342 e. The first kappa shape index (κ1) is 17.9. The number of amides is 3. The van der Waals surface area contributed by atoms with E-state index in [0.717, 1.165) is 6.41 Å². The number of carbonyl (C=O) groups excluding carboxylic acids is 3. The number of benzene rings is 1. The second kappa shape index (κ2) is 7.97. The van der Waals surface area contributed by atoms with Gasteiger partial charge in [0.25, 0.3) is 11.8 Å². The molecule has 0 atom stereocenters. The van der Waals surface area contributed by atoms with Gasteiger partial charge in [0.2, 0.25) is 6.41 Å². The van der Waals surface area contributed by atoms with Crippen molar-refractivity contribution >= 4 is 35.5 Å². The first-order valence-electron chi connectivity index (χ1n) is 8.08. The molecule has 0 saturated carbocycles. The van der Waals surface area contributed by atoms with Crippen molar-refractivity contribution in [1.29, 1.82) is 0 Å². The third-order valence-corrected chi connectivity index (χ3v) is 4.31. The highest BCUT2D eigenvalue weighted by molar-refractivity contribution is 6.31. The lowest BCUT2D eigenvalue weighted by Crippen LogP contribution is -2.48.